The van der Waals surface area contributed by atoms with Gasteiger partial charge >= 0.3 is 12.0 Å². The number of aromatic amines is 1. The number of imidazole rings is 1. The van der Waals surface area contributed by atoms with E-state index < -0.39 is 24.1 Å². The number of nitrogens with one attached hydrogen (secondary N) is 2. The molecule has 28 heavy (non-hydrogen) atoms. The van der Waals surface area contributed by atoms with E-state index in [2.05, 4.69) is 15.3 Å². The van der Waals surface area contributed by atoms with Crippen molar-refractivity contribution in [2.45, 2.75) is 38.8 Å². The molecule has 1 aliphatic rings. The van der Waals surface area contributed by atoms with E-state index in [1.807, 2.05) is 13.8 Å². The van der Waals surface area contributed by atoms with Gasteiger partial charge in [0.05, 0.1) is 19.1 Å². The number of aromatic nitrogens is 2. The van der Waals surface area contributed by atoms with E-state index in [4.69, 9.17) is 4.74 Å². The Kier molecular flexibility index (Phi) is 5.96. The third-order valence-electron chi connectivity index (χ3n) is 5.30. The molecule has 2 N–H and O–H groups in total. The predicted octanol–water partition coefficient (Wildman–Crippen LogP) is 2.79. The maximum absolute atomic E-state index is 13.9. The second-order valence-corrected chi connectivity index (χ2v) is 7.00. The van der Waals surface area contributed by atoms with Crippen molar-refractivity contribution in [1.82, 2.24) is 20.2 Å². The summed E-state index contributed by atoms with van der Waals surface area (Å²) in [7, 11) is 1.30. The molecule has 1 aromatic carbocycles. The van der Waals surface area contributed by atoms with Crippen LogP contribution in [0.25, 0.3) is 0 Å². The molecule has 1 aromatic heterocycles. The van der Waals surface area contributed by atoms with Crippen molar-refractivity contribution in [2.75, 3.05) is 13.7 Å². The number of nitrogens with zero attached hydrogens (tertiary/aromatic N) is 2. The first kappa shape index (κ1) is 19.9. The van der Waals surface area contributed by atoms with Crippen LogP contribution in [0.3, 0.4) is 0 Å². The van der Waals surface area contributed by atoms with E-state index in [0.29, 0.717) is 30.6 Å². The number of urea groups is 1. The van der Waals surface area contributed by atoms with Gasteiger partial charge in [0.2, 0.25) is 0 Å². The molecule has 3 atom stereocenters. The van der Waals surface area contributed by atoms with E-state index in [-0.39, 0.29) is 11.7 Å². The molecular weight excluding hydrogens is 363 g/mol. The molecule has 0 unspecified atom stereocenters. The van der Waals surface area contributed by atoms with Crippen molar-refractivity contribution >= 4 is 12.0 Å². The summed E-state index contributed by atoms with van der Waals surface area (Å²) >= 11 is 0. The Morgan fingerprint density at radius 1 is 1.46 bits per heavy atom. The summed E-state index contributed by atoms with van der Waals surface area (Å²) in [5.74, 6) is -0.954. The van der Waals surface area contributed by atoms with Gasteiger partial charge in [0.25, 0.3) is 0 Å². The molecule has 7 nitrogen and oxygen atoms in total. The van der Waals surface area contributed by atoms with Crippen molar-refractivity contribution in [3.05, 3.63) is 53.4 Å². The first-order valence-electron chi connectivity index (χ1n) is 9.38. The smallest absolute Gasteiger partial charge is 0.328 e. The van der Waals surface area contributed by atoms with Crippen LogP contribution in [-0.2, 0) is 16.0 Å². The minimum absolute atomic E-state index is 0.0882. The van der Waals surface area contributed by atoms with Gasteiger partial charge < -0.3 is 19.9 Å². The van der Waals surface area contributed by atoms with E-state index in [1.54, 1.807) is 23.4 Å². The molecule has 0 bridgehead atoms. The highest BCUT2D eigenvalue weighted by Crippen LogP contribution is 2.33. The second kappa shape index (κ2) is 8.41. The molecule has 0 radical (unpaired) electrons. The maximum Gasteiger partial charge on any atom is 0.328 e. The summed E-state index contributed by atoms with van der Waals surface area (Å²) in [6, 6.07) is 4.44. The Bertz CT molecular complexity index is 853. The lowest BCUT2D eigenvalue weighted by molar-refractivity contribution is -0.144. The van der Waals surface area contributed by atoms with Gasteiger partial charge in [-0.05, 0) is 23.6 Å². The molecule has 150 valence electrons. The zero-order valence-corrected chi connectivity index (χ0v) is 16.2. The van der Waals surface area contributed by atoms with E-state index in [9.17, 15) is 14.0 Å². The van der Waals surface area contributed by atoms with Crippen molar-refractivity contribution in [2.24, 2.45) is 5.92 Å². The largest absolute Gasteiger partial charge is 0.467 e. The average molecular weight is 388 g/mol. The first-order valence-corrected chi connectivity index (χ1v) is 9.38. The zero-order chi connectivity index (χ0) is 20.3. The van der Waals surface area contributed by atoms with Crippen molar-refractivity contribution in [3.63, 3.8) is 0 Å². The lowest BCUT2D eigenvalue weighted by Crippen LogP contribution is -2.53. The summed E-state index contributed by atoms with van der Waals surface area (Å²) in [5.41, 5.74) is 2.23. The van der Waals surface area contributed by atoms with Crippen LogP contribution in [0, 0.1) is 11.7 Å². The third-order valence-corrected chi connectivity index (χ3v) is 5.30. The molecule has 0 saturated carbocycles. The topological polar surface area (TPSA) is 87.3 Å². The number of amides is 2. The van der Waals surface area contributed by atoms with Crippen LogP contribution in [0.5, 0.6) is 0 Å². The van der Waals surface area contributed by atoms with Gasteiger partial charge in [0.1, 0.15) is 17.9 Å². The normalized spacial score (nSPS) is 18.1. The highest BCUT2D eigenvalue weighted by molar-refractivity contribution is 5.84. The lowest BCUT2D eigenvalue weighted by Gasteiger charge is -2.36. The van der Waals surface area contributed by atoms with Crippen LogP contribution in [-0.4, -0.2) is 46.6 Å². The lowest BCUT2D eigenvalue weighted by atomic mass is 9.95. The number of carbonyl (C=O) groups excluding carboxylic acids is 2. The standard InChI is InChI=1S/C20H25FN4O3/c1-4-12(2)16(19(26)28-3)24-20(27)25-9-8-15-17(23-11-22-15)18(25)13-6-5-7-14(21)10-13/h5-7,10-12,16,18H,4,8-9H2,1-3H3,(H,22,23)(H,24,27)/t12-,16-,18+/m0/s1. The first-order chi connectivity index (χ1) is 13.5. The fourth-order valence-corrected chi connectivity index (χ4v) is 3.52. The van der Waals surface area contributed by atoms with Crippen LogP contribution in [0.4, 0.5) is 9.18 Å². The fourth-order valence-electron chi connectivity index (χ4n) is 3.52. The van der Waals surface area contributed by atoms with Crippen LogP contribution < -0.4 is 5.32 Å². The molecule has 8 heteroatoms. The van der Waals surface area contributed by atoms with Crippen LogP contribution in [0.2, 0.25) is 0 Å². The number of ether oxygens (including phenoxy) is 1. The van der Waals surface area contributed by atoms with Crippen molar-refractivity contribution in [1.29, 1.82) is 0 Å². The predicted molar refractivity (Wildman–Crippen MR) is 101 cm³/mol. The van der Waals surface area contributed by atoms with Gasteiger partial charge in [-0.25, -0.2) is 19.0 Å². The van der Waals surface area contributed by atoms with Gasteiger partial charge in [-0.15, -0.1) is 0 Å². The van der Waals surface area contributed by atoms with E-state index >= 15 is 0 Å². The third kappa shape index (κ3) is 3.85. The van der Waals surface area contributed by atoms with E-state index in [1.165, 1.54) is 19.2 Å². The number of carbonyl (C=O) groups is 2. The highest BCUT2D eigenvalue weighted by atomic mass is 19.1. The summed E-state index contributed by atoms with van der Waals surface area (Å²) in [6.45, 7) is 4.24. The Labute approximate surface area is 163 Å². The summed E-state index contributed by atoms with van der Waals surface area (Å²) < 4.78 is 18.7. The molecule has 2 heterocycles. The second-order valence-electron chi connectivity index (χ2n) is 7.00. The number of methoxy groups -OCH3 is 1. The number of hydrogen-bond donors (Lipinski definition) is 2. The average Bonchev–Trinajstić information content (AvgIpc) is 3.18. The Balaban J connectivity index is 1.92. The van der Waals surface area contributed by atoms with Gasteiger partial charge in [0.15, 0.2) is 0 Å². The number of H-pyrrole nitrogens is 1. The number of esters is 1. The maximum atomic E-state index is 13.9. The van der Waals surface area contributed by atoms with Crippen LogP contribution >= 0.6 is 0 Å². The molecule has 2 aromatic rings. The number of hydrogen-bond acceptors (Lipinski definition) is 4. The minimum Gasteiger partial charge on any atom is -0.467 e. The molecular formula is C20H25FN4O3. The van der Waals surface area contributed by atoms with Gasteiger partial charge in [-0.1, -0.05) is 32.4 Å². The number of fused-ring (bicyclic) bond motifs is 1. The van der Waals surface area contributed by atoms with Crippen LogP contribution in [0.1, 0.15) is 43.3 Å². The molecule has 0 spiro atoms. The van der Waals surface area contributed by atoms with Gasteiger partial charge in [-0.3, -0.25) is 0 Å². The molecule has 0 saturated heterocycles. The monoisotopic (exact) mass is 388 g/mol. The van der Waals surface area contributed by atoms with Crippen molar-refractivity contribution < 1.29 is 18.7 Å². The molecule has 0 fully saturated rings. The van der Waals surface area contributed by atoms with Crippen molar-refractivity contribution in [3.8, 4) is 0 Å². The Morgan fingerprint density at radius 3 is 2.93 bits per heavy atom. The molecule has 0 aliphatic carbocycles. The molecule has 1 aliphatic heterocycles. The molecule has 2 amide bonds. The summed E-state index contributed by atoms with van der Waals surface area (Å²) in [4.78, 5) is 34.3. The number of halogens is 1. The number of rotatable bonds is 5. The highest BCUT2D eigenvalue weighted by Gasteiger charge is 2.36. The van der Waals surface area contributed by atoms with Gasteiger partial charge in [0, 0.05) is 18.7 Å². The summed E-state index contributed by atoms with van der Waals surface area (Å²) in [5, 5.41) is 2.81. The zero-order valence-electron chi connectivity index (χ0n) is 16.2. The number of benzene rings is 1. The fraction of sp³-hybridized carbons (Fsp3) is 0.450. The Hall–Kier alpha value is -2.90. The van der Waals surface area contributed by atoms with E-state index in [0.717, 1.165) is 5.69 Å². The Morgan fingerprint density at radius 2 is 2.25 bits per heavy atom. The quantitative estimate of drug-likeness (QED) is 0.771. The van der Waals surface area contributed by atoms with Gasteiger partial charge in [-0.2, -0.15) is 0 Å². The summed E-state index contributed by atoms with van der Waals surface area (Å²) in [6.07, 6.45) is 2.88. The van der Waals surface area contributed by atoms with Crippen LogP contribution in [0.15, 0.2) is 30.6 Å². The minimum atomic E-state index is -0.753. The molecule has 3 rings (SSSR count). The SMILES string of the molecule is CC[C@H](C)[C@H](NC(=O)N1CCc2[nH]cnc2[C@H]1c1cccc(F)c1)C(=O)OC.